The van der Waals surface area contributed by atoms with Crippen molar-refractivity contribution in [3.05, 3.63) is 59.7 Å². The van der Waals surface area contributed by atoms with Gasteiger partial charge in [-0.15, -0.1) is 0 Å². The average Bonchev–Trinajstić information content (AvgIpc) is 2.78. The number of nitrogens with zero attached hydrogens (tertiary/aromatic N) is 1. The van der Waals surface area contributed by atoms with Crippen molar-refractivity contribution in [2.24, 2.45) is 0 Å². The summed E-state index contributed by atoms with van der Waals surface area (Å²) in [4.78, 5) is 38.0. The fourth-order valence-electron chi connectivity index (χ4n) is 2.89. The van der Waals surface area contributed by atoms with Crippen LogP contribution in [0.3, 0.4) is 0 Å². The third-order valence-corrected chi connectivity index (χ3v) is 6.52. The molecule has 32 heavy (non-hydrogen) atoms. The number of ether oxygens (including phenoxy) is 1. The Morgan fingerprint density at radius 3 is 2.09 bits per heavy atom. The number of amides is 2. The van der Waals surface area contributed by atoms with Crippen LogP contribution >= 0.6 is 0 Å². The first-order chi connectivity index (χ1) is 15.2. The lowest BCUT2D eigenvalue weighted by Crippen LogP contribution is -2.30. The SMILES string of the molecule is CCN(CC)C(=O)c1ccc(NC(=O)COC(=O)CCS(=O)(=O)c2ccc(C)cc2)cc1. The van der Waals surface area contributed by atoms with E-state index in [4.69, 9.17) is 4.74 Å². The topological polar surface area (TPSA) is 110 Å². The number of carbonyl (C=O) groups excluding carboxylic acids is 3. The number of rotatable bonds is 10. The monoisotopic (exact) mass is 460 g/mol. The summed E-state index contributed by atoms with van der Waals surface area (Å²) < 4.78 is 29.4. The number of esters is 1. The van der Waals surface area contributed by atoms with Crippen LogP contribution in [0.15, 0.2) is 53.4 Å². The van der Waals surface area contributed by atoms with E-state index in [0.717, 1.165) is 5.56 Å². The molecule has 8 nitrogen and oxygen atoms in total. The van der Waals surface area contributed by atoms with Crippen molar-refractivity contribution in [2.75, 3.05) is 30.8 Å². The summed E-state index contributed by atoms with van der Waals surface area (Å²) in [6.45, 7) is 6.31. The zero-order valence-electron chi connectivity index (χ0n) is 18.5. The van der Waals surface area contributed by atoms with Gasteiger partial charge >= 0.3 is 5.97 Å². The minimum atomic E-state index is -3.61. The number of nitrogens with one attached hydrogen (secondary N) is 1. The second kappa shape index (κ2) is 11.4. The fourth-order valence-corrected chi connectivity index (χ4v) is 4.11. The Morgan fingerprint density at radius 1 is 0.938 bits per heavy atom. The maximum Gasteiger partial charge on any atom is 0.307 e. The van der Waals surface area contributed by atoms with Crippen molar-refractivity contribution in [1.29, 1.82) is 0 Å². The molecule has 0 aliphatic carbocycles. The second-order valence-corrected chi connectivity index (χ2v) is 9.25. The van der Waals surface area contributed by atoms with E-state index in [1.807, 2.05) is 20.8 Å². The molecule has 0 atom stereocenters. The Labute approximate surface area is 188 Å². The van der Waals surface area contributed by atoms with Gasteiger partial charge in [-0.05, 0) is 57.2 Å². The van der Waals surface area contributed by atoms with Crippen LogP contribution in [-0.2, 0) is 24.2 Å². The third kappa shape index (κ3) is 7.19. The minimum Gasteiger partial charge on any atom is -0.456 e. The predicted molar refractivity (Wildman–Crippen MR) is 121 cm³/mol. The summed E-state index contributed by atoms with van der Waals surface area (Å²) >= 11 is 0. The first-order valence-corrected chi connectivity index (χ1v) is 12.0. The summed E-state index contributed by atoms with van der Waals surface area (Å²) in [6.07, 6.45) is -0.356. The van der Waals surface area contributed by atoms with Gasteiger partial charge in [-0.2, -0.15) is 0 Å². The van der Waals surface area contributed by atoms with Gasteiger partial charge in [0.25, 0.3) is 11.8 Å². The zero-order valence-corrected chi connectivity index (χ0v) is 19.3. The van der Waals surface area contributed by atoms with Crippen LogP contribution in [0.1, 0.15) is 36.2 Å². The summed E-state index contributed by atoms with van der Waals surface area (Å²) in [7, 11) is -3.61. The van der Waals surface area contributed by atoms with E-state index in [9.17, 15) is 22.8 Å². The predicted octanol–water partition coefficient (Wildman–Crippen LogP) is 2.82. The number of aryl methyl sites for hydroxylation is 1. The highest BCUT2D eigenvalue weighted by molar-refractivity contribution is 7.91. The van der Waals surface area contributed by atoms with Gasteiger partial charge in [0.05, 0.1) is 17.1 Å². The Morgan fingerprint density at radius 2 is 1.53 bits per heavy atom. The molecule has 0 aliphatic heterocycles. The lowest BCUT2D eigenvalue weighted by molar-refractivity contribution is -0.146. The van der Waals surface area contributed by atoms with E-state index in [1.54, 1.807) is 41.3 Å². The molecule has 0 aromatic heterocycles. The molecule has 1 N–H and O–H groups in total. The molecule has 0 spiro atoms. The highest BCUT2D eigenvalue weighted by Gasteiger charge is 2.18. The Kier molecular flexibility index (Phi) is 8.95. The molecule has 0 saturated carbocycles. The van der Waals surface area contributed by atoms with Crippen molar-refractivity contribution in [1.82, 2.24) is 4.90 Å². The average molecular weight is 461 g/mol. The molecule has 9 heteroatoms. The molecule has 0 aliphatic rings. The quantitative estimate of drug-likeness (QED) is 0.546. The van der Waals surface area contributed by atoms with E-state index < -0.39 is 34.1 Å². The van der Waals surface area contributed by atoms with Gasteiger partial charge in [0.1, 0.15) is 0 Å². The molecule has 172 valence electrons. The number of anilines is 1. The third-order valence-electron chi connectivity index (χ3n) is 4.79. The largest absolute Gasteiger partial charge is 0.456 e. The highest BCUT2D eigenvalue weighted by atomic mass is 32.2. The van der Waals surface area contributed by atoms with Gasteiger partial charge in [0.15, 0.2) is 16.4 Å². The Bertz CT molecular complexity index is 1040. The van der Waals surface area contributed by atoms with E-state index in [0.29, 0.717) is 24.3 Å². The summed E-state index contributed by atoms with van der Waals surface area (Å²) in [6, 6.07) is 12.7. The molecular formula is C23H28N2O6S. The molecule has 2 aromatic rings. The van der Waals surface area contributed by atoms with Crippen molar-refractivity contribution in [3.8, 4) is 0 Å². The minimum absolute atomic E-state index is 0.0950. The molecule has 2 amide bonds. The first kappa shape index (κ1) is 25.1. The Balaban J connectivity index is 1.80. The van der Waals surface area contributed by atoms with Crippen LogP contribution in [0.5, 0.6) is 0 Å². The molecular weight excluding hydrogens is 432 g/mol. The smallest absolute Gasteiger partial charge is 0.307 e. The van der Waals surface area contributed by atoms with Crippen LogP contribution in [0.25, 0.3) is 0 Å². The van der Waals surface area contributed by atoms with Gasteiger partial charge in [0.2, 0.25) is 0 Å². The molecule has 2 aromatic carbocycles. The normalized spacial score (nSPS) is 11.0. The van der Waals surface area contributed by atoms with Crippen LogP contribution in [0, 0.1) is 6.92 Å². The zero-order chi connectivity index (χ0) is 23.7. The van der Waals surface area contributed by atoms with Gasteiger partial charge < -0.3 is 15.0 Å². The van der Waals surface area contributed by atoms with Crippen molar-refractivity contribution in [3.63, 3.8) is 0 Å². The molecule has 0 bridgehead atoms. The lowest BCUT2D eigenvalue weighted by Gasteiger charge is -2.18. The van der Waals surface area contributed by atoms with Crippen LogP contribution in [0.2, 0.25) is 0 Å². The van der Waals surface area contributed by atoms with E-state index in [2.05, 4.69) is 5.32 Å². The van der Waals surface area contributed by atoms with E-state index >= 15 is 0 Å². The van der Waals surface area contributed by atoms with Gasteiger partial charge in [-0.3, -0.25) is 14.4 Å². The molecule has 0 heterocycles. The van der Waals surface area contributed by atoms with Gasteiger partial charge in [0, 0.05) is 24.3 Å². The van der Waals surface area contributed by atoms with Gasteiger partial charge in [-0.25, -0.2) is 8.42 Å². The van der Waals surface area contributed by atoms with Crippen LogP contribution in [-0.4, -0.2) is 56.6 Å². The van der Waals surface area contributed by atoms with E-state index in [-0.39, 0.29) is 17.2 Å². The molecule has 0 radical (unpaired) electrons. The van der Waals surface area contributed by atoms with Crippen LogP contribution < -0.4 is 5.32 Å². The maximum atomic E-state index is 12.3. The fraction of sp³-hybridized carbons (Fsp3) is 0.348. The standard InChI is InChI=1S/C23H28N2O6S/c1-4-25(5-2)23(28)18-8-10-19(11-9-18)24-21(26)16-31-22(27)14-15-32(29,30)20-12-6-17(3)7-13-20/h6-13H,4-5,14-16H2,1-3H3,(H,24,26). The molecule has 0 fully saturated rings. The summed E-state index contributed by atoms with van der Waals surface area (Å²) in [5, 5.41) is 2.56. The molecule has 0 unspecified atom stereocenters. The van der Waals surface area contributed by atoms with E-state index in [1.165, 1.54) is 12.1 Å². The molecule has 0 saturated heterocycles. The van der Waals surface area contributed by atoms with Crippen molar-refractivity contribution < 1.29 is 27.5 Å². The summed E-state index contributed by atoms with van der Waals surface area (Å²) in [5.74, 6) is -1.85. The van der Waals surface area contributed by atoms with Crippen molar-refractivity contribution >= 4 is 33.3 Å². The maximum absolute atomic E-state index is 12.3. The number of carbonyl (C=O) groups is 3. The number of sulfone groups is 1. The van der Waals surface area contributed by atoms with Crippen molar-refractivity contribution in [2.45, 2.75) is 32.1 Å². The number of hydrogen-bond acceptors (Lipinski definition) is 6. The van der Waals surface area contributed by atoms with Gasteiger partial charge in [-0.1, -0.05) is 17.7 Å². The first-order valence-electron chi connectivity index (χ1n) is 10.3. The Hall–Kier alpha value is -3.20. The second-order valence-electron chi connectivity index (χ2n) is 7.15. The number of hydrogen-bond donors (Lipinski definition) is 1. The highest BCUT2D eigenvalue weighted by Crippen LogP contribution is 2.14. The lowest BCUT2D eigenvalue weighted by atomic mass is 10.2. The summed E-state index contributed by atoms with van der Waals surface area (Å²) in [5.41, 5.74) is 1.89. The number of benzene rings is 2. The van der Waals surface area contributed by atoms with Crippen LogP contribution in [0.4, 0.5) is 5.69 Å². The molecule has 2 rings (SSSR count).